The van der Waals surface area contributed by atoms with Crippen LogP contribution in [-0.4, -0.2) is 16.1 Å². The molecular weight excluding hydrogens is 288 g/mol. The summed E-state index contributed by atoms with van der Waals surface area (Å²) >= 11 is 8.83. The third kappa shape index (κ3) is 1.61. The van der Waals surface area contributed by atoms with Crippen LogP contribution in [0.15, 0.2) is 16.6 Å². The van der Waals surface area contributed by atoms with Crippen LogP contribution < -0.4 is 0 Å². The van der Waals surface area contributed by atoms with E-state index in [0.29, 0.717) is 10.4 Å². The number of carbonyl (C=O) groups is 1. The minimum absolute atomic E-state index is 0.0896. The summed E-state index contributed by atoms with van der Waals surface area (Å²) < 4.78 is 13.7. The van der Waals surface area contributed by atoms with Crippen molar-refractivity contribution < 1.29 is 14.3 Å². The number of rotatable bonds is 1. The molecule has 0 atom stereocenters. The number of aromatic amines is 1. The van der Waals surface area contributed by atoms with E-state index >= 15 is 0 Å². The molecule has 0 unspecified atom stereocenters. The second kappa shape index (κ2) is 3.50. The van der Waals surface area contributed by atoms with E-state index in [1.807, 2.05) is 0 Å². The number of aromatic nitrogens is 1. The molecule has 15 heavy (non-hydrogen) atoms. The Balaban J connectivity index is 2.85. The first kappa shape index (κ1) is 10.4. The molecule has 2 rings (SSSR count). The van der Waals surface area contributed by atoms with Crippen LogP contribution in [-0.2, 0) is 0 Å². The van der Waals surface area contributed by atoms with E-state index in [1.165, 1.54) is 12.1 Å². The van der Waals surface area contributed by atoms with E-state index in [0.717, 1.165) is 0 Å². The highest BCUT2D eigenvalue weighted by Gasteiger charge is 2.15. The van der Waals surface area contributed by atoms with Crippen molar-refractivity contribution in [1.82, 2.24) is 4.98 Å². The molecule has 78 valence electrons. The van der Waals surface area contributed by atoms with Crippen LogP contribution in [0, 0.1) is 5.82 Å². The quantitative estimate of drug-likeness (QED) is 0.791. The van der Waals surface area contributed by atoms with Crippen molar-refractivity contribution in [2.75, 3.05) is 0 Å². The lowest BCUT2D eigenvalue weighted by molar-refractivity contribution is 0.0691. The molecule has 0 radical (unpaired) electrons. The van der Waals surface area contributed by atoms with Gasteiger partial charge in [-0.05, 0) is 28.1 Å². The standard InChI is InChI=1S/C9H4BrClFNO2/c10-4-2-5(11)3-1-6(9(14)15)13-8(3)7(4)12/h1-2,13H,(H,14,15). The largest absolute Gasteiger partial charge is 0.477 e. The number of halogens is 3. The van der Waals surface area contributed by atoms with Gasteiger partial charge in [0, 0.05) is 5.39 Å². The summed E-state index contributed by atoms with van der Waals surface area (Å²) in [5.74, 6) is -1.71. The molecule has 2 N–H and O–H groups in total. The summed E-state index contributed by atoms with van der Waals surface area (Å²) in [5, 5.41) is 9.38. The van der Waals surface area contributed by atoms with Crippen LogP contribution in [0.5, 0.6) is 0 Å². The predicted octanol–water partition coefficient (Wildman–Crippen LogP) is 3.42. The van der Waals surface area contributed by atoms with E-state index in [-0.39, 0.29) is 15.7 Å². The molecule has 1 aromatic heterocycles. The summed E-state index contributed by atoms with van der Waals surface area (Å²) in [4.78, 5) is 13.1. The fourth-order valence-electron chi connectivity index (χ4n) is 1.30. The van der Waals surface area contributed by atoms with Gasteiger partial charge in [-0.2, -0.15) is 0 Å². The van der Waals surface area contributed by atoms with Crippen LogP contribution >= 0.6 is 27.5 Å². The average Bonchev–Trinajstić information content (AvgIpc) is 2.59. The van der Waals surface area contributed by atoms with Crippen molar-refractivity contribution in [3.63, 3.8) is 0 Å². The Hall–Kier alpha value is -1.07. The number of aromatic carboxylic acids is 1. The Morgan fingerprint density at radius 1 is 1.53 bits per heavy atom. The first-order valence-corrected chi connectivity index (χ1v) is 5.07. The monoisotopic (exact) mass is 291 g/mol. The molecule has 0 aliphatic heterocycles. The first-order valence-electron chi connectivity index (χ1n) is 3.90. The van der Waals surface area contributed by atoms with E-state index < -0.39 is 11.8 Å². The molecule has 1 heterocycles. The molecule has 0 bridgehead atoms. The van der Waals surface area contributed by atoms with E-state index in [9.17, 15) is 9.18 Å². The number of hydrogen-bond donors (Lipinski definition) is 2. The normalized spacial score (nSPS) is 10.9. The Morgan fingerprint density at radius 2 is 2.20 bits per heavy atom. The number of nitrogens with one attached hydrogen (secondary N) is 1. The SMILES string of the molecule is O=C(O)c1cc2c(Cl)cc(Br)c(F)c2[nH]1. The van der Waals surface area contributed by atoms with E-state index in [2.05, 4.69) is 20.9 Å². The van der Waals surface area contributed by atoms with Gasteiger partial charge >= 0.3 is 5.97 Å². The topological polar surface area (TPSA) is 53.1 Å². The maximum Gasteiger partial charge on any atom is 0.352 e. The average molecular weight is 292 g/mol. The second-order valence-corrected chi connectivity index (χ2v) is 4.19. The Kier molecular flexibility index (Phi) is 2.44. The zero-order valence-corrected chi connectivity index (χ0v) is 9.49. The van der Waals surface area contributed by atoms with Gasteiger partial charge in [0.2, 0.25) is 0 Å². The molecule has 0 saturated heterocycles. The van der Waals surface area contributed by atoms with Crippen molar-refractivity contribution in [2.24, 2.45) is 0 Å². The summed E-state index contributed by atoms with van der Waals surface area (Å²) in [6.45, 7) is 0. The predicted molar refractivity (Wildman–Crippen MR) is 57.9 cm³/mol. The van der Waals surface area contributed by atoms with Gasteiger partial charge < -0.3 is 10.1 Å². The highest BCUT2D eigenvalue weighted by Crippen LogP contribution is 2.31. The fraction of sp³-hybridized carbons (Fsp3) is 0. The number of H-pyrrole nitrogens is 1. The Labute approximate surface area is 97.0 Å². The van der Waals surface area contributed by atoms with Gasteiger partial charge in [0.25, 0.3) is 0 Å². The van der Waals surface area contributed by atoms with Crippen LogP contribution in [0.25, 0.3) is 10.9 Å². The summed E-state index contributed by atoms with van der Waals surface area (Å²) in [5.41, 5.74) is -0.00400. The van der Waals surface area contributed by atoms with Crippen molar-refractivity contribution in [2.45, 2.75) is 0 Å². The van der Waals surface area contributed by atoms with Crippen LogP contribution in [0.4, 0.5) is 4.39 Å². The summed E-state index contributed by atoms with van der Waals surface area (Å²) in [6.07, 6.45) is 0. The molecule has 3 nitrogen and oxygen atoms in total. The number of carboxylic acid groups (broad SMARTS) is 1. The van der Waals surface area contributed by atoms with Gasteiger partial charge in [-0.15, -0.1) is 0 Å². The molecule has 2 aromatic rings. The van der Waals surface area contributed by atoms with Crippen molar-refractivity contribution >= 4 is 44.4 Å². The van der Waals surface area contributed by atoms with Gasteiger partial charge in [-0.3, -0.25) is 0 Å². The number of carboxylic acids is 1. The van der Waals surface area contributed by atoms with Crippen molar-refractivity contribution in [3.05, 3.63) is 33.1 Å². The van der Waals surface area contributed by atoms with Crippen LogP contribution in [0.2, 0.25) is 5.02 Å². The number of fused-ring (bicyclic) bond motifs is 1. The zero-order valence-electron chi connectivity index (χ0n) is 7.14. The molecule has 0 aliphatic carbocycles. The van der Waals surface area contributed by atoms with Gasteiger partial charge in [0.1, 0.15) is 5.69 Å². The zero-order chi connectivity index (χ0) is 11.2. The van der Waals surface area contributed by atoms with Gasteiger partial charge in [-0.1, -0.05) is 11.6 Å². The Morgan fingerprint density at radius 3 is 2.80 bits per heavy atom. The molecule has 0 fully saturated rings. The Bertz CT molecular complexity index is 567. The van der Waals surface area contributed by atoms with E-state index in [1.54, 1.807) is 0 Å². The maximum absolute atomic E-state index is 13.5. The van der Waals surface area contributed by atoms with Crippen LogP contribution in [0.1, 0.15) is 10.5 Å². The fourth-order valence-corrected chi connectivity index (χ4v) is 2.12. The van der Waals surface area contributed by atoms with Crippen LogP contribution in [0.3, 0.4) is 0 Å². The molecule has 6 heteroatoms. The van der Waals surface area contributed by atoms with Crippen molar-refractivity contribution in [3.8, 4) is 0 Å². The molecule has 0 spiro atoms. The molecule has 0 saturated carbocycles. The first-order chi connectivity index (χ1) is 7.00. The highest BCUT2D eigenvalue weighted by atomic mass is 79.9. The lowest BCUT2D eigenvalue weighted by atomic mass is 10.2. The summed E-state index contributed by atoms with van der Waals surface area (Å²) in [6, 6.07) is 2.69. The third-order valence-corrected chi connectivity index (χ3v) is 2.88. The number of benzene rings is 1. The third-order valence-electron chi connectivity index (χ3n) is 1.99. The minimum atomic E-state index is -1.15. The smallest absolute Gasteiger partial charge is 0.352 e. The minimum Gasteiger partial charge on any atom is -0.477 e. The highest BCUT2D eigenvalue weighted by molar-refractivity contribution is 9.10. The second-order valence-electron chi connectivity index (χ2n) is 2.93. The lowest BCUT2D eigenvalue weighted by Gasteiger charge is -1.98. The molecule has 0 aliphatic rings. The molecule has 0 amide bonds. The summed E-state index contributed by atoms with van der Waals surface area (Å²) in [7, 11) is 0. The van der Waals surface area contributed by atoms with E-state index in [4.69, 9.17) is 16.7 Å². The number of hydrogen-bond acceptors (Lipinski definition) is 1. The van der Waals surface area contributed by atoms with Gasteiger partial charge in [0.05, 0.1) is 15.0 Å². The van der Waals surface area contributed by atoms with Crippen molar-refractivity contribution in [1.29, 1.82) is 0 Å². The lowest BCUT2D eigenvalue weighted by Crippen LogP contribution is -1.95. The van der Waals surface area contributed by atoms with Gasteiger partial charge in [-0.25, -0.2) is 9.18 Å². The maximum atomic E-state index is 13.5. The molecule has 1 aromatic carbocycles. The molecular formula is C9H4BrClFNO2. The van der Waals surface area contributed by atoms with Gasteiger partial charge in [0.15, 0.2) is 5.82 Å².